The molecule has 36 heteroatoms. The van der Waals surface area contributed by atoms with Gasteiger partial charge >= 0.3 is 0 Å². The van der Waals surface area contributed by atoms with E-state index in [0.717, 1.165) is 24.3 Å². The summed E-state index contributed by atoms with van der Waals surface area (Å²) in [5, 5.41) is 9.91. The summed E-state index contributed by atoms with van der Waals surface area (Å²) in [5.41, 5.74) is -2.27. The van der Waals surface area contributed by atoms with E-state index in [9.17, 15) is 77.8 Å². The zero-order valence-electron chi connectivity index (χ0n) is 39.3. The zero-order chi connectivity index (χ0) is 56.3. The third kappa shape index (κ3) is 14.4. The van der Waals surface area contributed by atoms with E-state index in [4.69, 9.17) is 0 Å². The van der Waals surface area contributed by atoms with Crippen LogP contribution >= 0.6 is 0 Å². The Bertz CT molecular complexity index is 3720. The van der Waals surface area contributed by atoms with Gasteiger partial charge in [-0.25, -0.2) is 50.5 Å². The molecule has 408 valence electrons. The molecule has 0 aliphatic heterocycles. The number of anilines is 10. The fraction of sp³-hybridized carbons (Fsp3) is 0.200. The van der Waals surface area contributed by atoms with Gasteiger partial charge in [0.1, 0.15) is 60.7 Å². The minimum absolute atomic E-state index is 0.00979. The molecular weight excluding hydrogens is 1130 g/mol. The van der Waals surface area contributed by atoms with Crippen LogP contribution in [0.1, 0.15) is 38.8 Å². The molecule has 2 aromatic heterocycles. The number of hydrogen-bond acceptors (Lipinski definition) is 30. The second-order valence-corrected chi connectivity index (χ2v) is 23.4. The number of aromatic nitrogens is 6. The van der Waals surface area contributed by atoms with E-state index in [1.54, 1.807) is 37.5 Å². The van der Waals surface area contributed by atoms with E-state index < -0.39 is 137 Å². The number of hydrogen-bond donors (Lipinski definition) is 4. The average molecular weight is 1170 g/mol. The maximum absolute atomic E-state index is 12.7. The van der Waals surface area contributed by atoms with Crippen molar-refractivity contribution in [2.75, 3.05) is 57.2 Å². The predicted molar refractivity (Wildman–Crippen MR) is 262 cm³/mol. The van der Waals surface area contributed by atoms with Gasteiger partial charge in [-0.3, -0.25) is 0 Å². The molecule has 0 saturated carbocycles. The molecule has 0 fully saturated rings. The second kappa shape index (κ2) is 22.2. The first-order valence-corrected chi connectivity index (χ1v) is 29.8. The van der Waals surface area contributed by atoms with E-state index in [-0.39, 0.29) is 49.2 Å². The van der Waals surface area contributed by atoms with Crippen molar-refractivity contribution in [1.29, 1.82) is 0 Å². The Morgan fingerprint density at radius 3 is 0.921 bits per heavy atom. The van der Waals surface area contributed by atoms with Gasteiger partial charge in [-0.1, -0.05) is 24.3 Å². The lowest BCUT2D eigenvalue weighted by atomic mass is 10.1. The van der Waals surface area contributed by atoms with Gasteiger partial charge in [0.05, 0.1) is 52.1 Å². The SMILES string of the molecule is CCN(CC)c1nc(Nc2cc(S(=O)(=O)[O-])ccc2S(=O)(=O)[O-])nc(Nc2ccc(C=Cc3ccc(Nc4nc(Nc5cc(S(=O)(=O)[O-])ccc5S(=O)(=O)[O-])nc(N(CC)CC)n4)c(S(=O)(=O)[O-])c3)cc2S(=O)(=O)[O-])n1. The first-order chi connectivity index (χ1) is 35.2. The maximum Gasteiger partial charge on any atom is 0.233 e. The molecule has 0 spiro atoms. The number of rotatable bonds is 22. The third-order valence-corrected chi connectivity index (χ3v) is 15.6. The number of nitrogens with one attached hydrogen (secondary N) is 4. The summed E-state index contributed by atoms with van der Waals surface area (Å²) in [6, 6.07) is 10.1. The quantitative estimate of drug-likeness (QED) is 0.0559. The largest absolute Gasteiger partial charge is 0.744 e. The Kier molecular flexibility index (Phi) is 17.0. The zero-order valence-corrected chi connectivity index (χ0v) is 44.2. The summed E-state index contributed by atoms with van der Waals surface area (Å²) in [4.78, 5) is 22.4. The van der Waals surface area contributed by atoms with Gasteiger partial charge in [-0.05, 0) is 99.5 Å². The molecule has 76 heavy (non-hydrogen) atoms. The van der Waals surface area contributed by atoms with Crippen LogP contribution in [0.25, 0.3) is 12.2 Å². The highest BCUT2D eigenvalue weighted by Crippen LogP contribution is 2.33. The van der Waals surface area contributed by atoms with Crippen LogP contribution in [0.3, 0.4) is 0 Å². The molecule has 0 atom stereocenters. The summed E-state index contributed by atoms with van der Waals surface area (Å²) in [5.74, 6) is -2.33. The molecule has 2 heterocycles. The van der Waals surface area contributed by atoms with Crippen LogP contribution < -0.4 is 31.1 Å². The van der Waals surface area contributed by atoms with E-state index >= 15 is 0 Å². The Hall–Kier alpha value is -7.10. The molecule has 0 radical (unpaired) electrons. The molecule has 0 saturated heterocycles. The van der Waals surface area contributed by atoms with Crippen LogP contribution in [0.15, 0.2) is 102 Å². The molecule has 0 amide bonds. The highest BCUT2D eigenvalue weighted by molar-refractivity contribution is 7.87. The number of nitrogens with zero attached hydrogens (tertiary/aromatic N) is 8. The Labute approximate surface area is 434 Å². The lowest BCUT2D eigenvalue weighted by Crippen LogP contribution is -2.25. The van der Waals surface area contributed by atoms with Crippen LogP contribution in [0, 0.1) is 0 Å². The molecule has 0 aliphatic carbocycles. The fourth-order valence-electron chi connectivity index (χ4n) is 6.79. The minimum Gasteiger partial charge on any atom is -0.744 e. The molecule has 6 aromatic rings. The van der Waals surface area contributed by atoms with E-state index in [2.05, 4.69) is 51.2 Å². The molecule has 30 nitrogen and oxygen atoms in total. The van der Waals surface area contributed by atoms with Gasteiger partial charge in [0.15, 0.2) is 0 Å². The lowest BCUT2D eigenvalue weighted by molar-refractivity contribution is 0.459. The van der Waals surface area contributed by atoms with Crippen molar-refractivity contribution in [1.82, 2.24) is 29.9 Å². The van der Waals surface area contributed by atoms with Gasteiger partial charge in [-0.2, -0.15) is 29.9 Å². The molecule has 4 aromatic carbocycles. The molecule has 0 bridgehead atoms. The van der Waals surface area contributed by atoms with Gasteiger partial charge in [0.25, 0.3) is 0 Å². The van der Waals surface area contributed by atoms with Crippen molar-refractivity contribution in [3.05, 3.63) is 83.9 Å². The standard InChI is InChI=1S/C40H44N12O18S6/c1-5-51(6-2)39-47-35(45-37(49-39)43-29-21-25(71(53,54)55)13-17-31(29)73(59,60)61)41-27-15-11-23(19-33(27)75(65,66)67)9-10-24-12-16-28(34(20-24)76(68,69)70)42-36-46-38(50-40(48-36)52(7-3)8-4)44-30-22-26(72(56,57)58)14-18-32(30)74(62,63)64/h9-22H,5-8H2,1-4H3,(H,53,54,55)(H,56,57,58)(H,59,60,61)(H,62,63,64)(H,65,66,67)(H,68,69,70)(H2,41,43,45,47,49)(H2,42,44,46,48,50)/p-6. The summed E-state index contributed by atoms with van der Waals surface area (Å²) in [7, 11) is -31.7. The Balaban J connectivity index is 1.35. The topological polar surface area (TPSA) is 475 Å². The van der Waals surface area contributed by atoms with Gasteiger partial charge < -0.3 is 58.4 Å². The van der Waals surface area contributed by atoms with Crippen LogP contribution in [0.5, 0.6) is 0 Å². The second-order valence-electron chi connectivity index (χ2n) is 15.3. The van der Waals surface area contributed by atoms with Gasteiger partial charge in [0.2, 0.25) is 35.7 Å². The fourth-order valence-corrected chi connectivity index (χ4v) is 10.3. The van der Waals surface area contributed by atoms with Gasteiger partial charge in [-0.15, -0.1) is 0 Å². The van der Waals surface area contributed by atoms with Crippen LogP contribution in [0.2, 0.25) is 0 Å². The van der Waals surface area contributed by atoms with E-state index in [0.29, 0.717) is 36.4 Å². The monoisotopic (exact) mass is 1170 g/mol. The molecular formula is C40H38N12O18S6-6. The molecule has 4 N–H and O–H groups in total. The highest BCUT2D eigenvalue weighted by Gasteiger charge is 2.21. The van der Waals surface area contributed by atoms with Crippen LogP contribution in [-0.2, 0) is 60.7 Å². The normalized spacial score (nSPS) is 12.6. The van der Waals surface area contributed by atoms with Crippen molar-refractivity contribution < 1.29 is 77.8 Å². The third-order valence-electron chi connectivity index (χ3n) is 10.4. The summed E-state index contributed by atoms with van der Waals surface area (Å²) < 4.78 is 219. The first-order valence-electron chi connectivity index (χ1n) is 21.3. The van der Waals surface area contributed by atoms with Crippen molar-refractivity contribution in [2.24, 2.45) is 0 Å². The van der Waals surface area contributed by atoms with Crippen molar-refractivity contribution in [3.63, 3.8) is 0 Å². The van der Waals surface area contributed by atoms with E-state index in [1.807, 2.05) is 0 Å². The van der Waals surface area contributed by atoms with Crippen molar-refractivity contribution in [3.8, 4) is 0 Å². The molecule has 0 unspecified atom stereocenters. The smallest absolute Gasteiger partial charge is 0.233 e. The Morgan fingerprint density at radius 1 is 0.368 bits per heavy atom. The lowest BCUT2D eigenvalue weighted by Gasteiger charge is -2.21. The summed E-state index contributed by atoms with van der Waals surface area (Å²) in [6.45, 7) is 7.81. The minimum atomic E-state index is -5.37. The predicted octanol–water partition coefficient (Wildman–Crippen LogP) is 2.32. The first kappa shape index (κ1) is 58.2. The Morgan fingerprint density at radius 2 is 0.658 bits per heavy atom. The van der Waals surface area contributed by atoms with Crippen LogP contribution in [0.4, 0.5) is 58.4 Å². The van der Waals surface area contributed by atoms with Crippen LogP contribution in [-0.4, -0.2) is 134 Å². The van der Waals surface area contributed by atoms with Gasteiger partial charge in [0, 0.05) is 26.2 Å². The summed E-state index contributed by atoms with van der Waals surface area (Å²) >= 11 is 0. The van der Waals surface area contributed by atoms with Crippen molar-refractivity contribution in [2.45, 2.75) is 57.1 Å². The number of benzene rings is 4. The molecule has 0 aliphatic rings. The van der Waals surface area contributed by atoms with Crippen molar-refractivity contribution >= 4 is 131 Å². The summed E-state index contributed by atoms with van der Waals surface area (Å²) in [6.07, 6.45) is 2.46. The van der Waals surface area contributed by atoms with E-state index in [1.165, 1.54) is 24.3 Å². The highest BCUT2D eigenvalue weighted by atomic mass is 32.2. The average Bonchev–Trinajstić information content (AvgIpc) is 3.30. The molecule has 6 rings (SSSR count). The maximum atomic E-state index is 12.7.